The minimum Gasteiger partial charge on any atom is -0.465 e. The van der Waals surface area contributed by atoms with Gasteiger partial charge in [-0.1, -0.05) is 35.0 Å². The molecule has 0 bridgehead atoms. The molecule has 0 saturated carbocycles. The number of amides is 2. The normalized spacial score (nSPS) is 12.2. The van der Waals surface area contributed by atoms with Crippen molar-refractivity contribution in [2.24, 2.45) is 0 Å². The van der Waals surface area contributed by atoms with Crippen LogP contribution in [0.15, 0.2) is 53.1 Å². The van der Waals surface area contributed by atoms with Crippen molar-refractivity contribution in [1.29, 1.82) is 0 Å². The predicted molar refractivity (Wildman–Crippen MR) is 125 cm³/mol. The molecule has 0 aliphatic heterocycles. The zero-order chi connectivity index (χ0) is 24.3. The molecule has 2 amide bonds. The third kappa shape index (κ3) is 5.71. The van der Waals surface area contributed by atoms with Crippen molar-refractivity contribution in [2.75, 3.05) is 22.2 Å². The molecule has 0 aliphatic carbocycles. The van der Waals surface area contributed by atoms with E-state index in [1.807, 2.05) is 0 Å². The molecule has 1 unspecified atom stereocenters. The van der Waals surface area contributed by atoms with Crippen molar-refractivity contribution < 1.29 is 27.6 Å². The second kappa shape index (κ2) is 9.63. The summed E-state index contributed by atoms with van der Waals surface area (Å²) in [7, 11) is -3.46. The Bertz CT molecular complexity index is 1290. The van der Waals surface area contributed by atoms with E-state index in [0.717, 1.165) is 11.2 Å². The number of halogens is 1. The number of nitrogens with one attached hydrogen (secondary N) is 1. The zero-order valence-electron chi connectivity index (χ0n) is 18.1. The van der Waals surface area contributed by atoms with Crippen LogP contribution < -0.4 is 10.2 Å². The van der Waals surface area contributed by atoms with Crippen LogP contribution in [0.1, 0.15) is 24.2 Å². The largest absolute Gasteiger partial charge is 0.465 e. The van der Waals surface area contributed by atoms with E-state index in [-0.39, 0.29) is 11.4 Å². The maximum absolute atomic E-state index is 12.3. The number of aromatic nitrogens is 1. The average molecular weight is 492 g/mol. The third-order valence-corrected chi connectivity index (χ3v) is 5.98. The van der Waals surface area contributed by atoms with Crippen molar-refractivity contribution in [2.45, 2.75) is 19.9 Å². The monoisotopic (exact) mass is 491 g/mol. The number of carboxylic acid groups (broad SMARTS) is 1. The summed E-state index contributed by atoms with van der Waals surface area (Å²) in [6, 6.07) is 12.7. The van der Waals surface area contributed by atoms with E-state index in [1.54, 1.807) is 62.4 Å². The van der Waals surface area contributed by atoms with Crippen LogP contribution in [0.2, 0.25) is 5.02 Å². The van der Waals surface area contributed by atoms with E-state index in [1.165, 1.54) is 0 Å². The van der Waals surface area contributed by atoms with Crippen LogP contribution in [-0.4, -0.2) is 42.7 Å². The van der Waals surface area contributed by atoms with Gasteiger partial charge in [0.05, 0.1) is 6.04 Å². The number of anilines is 2. The molecule has 3 rings (SSSR count). The standard InChI is InChI=1S/C22H22ClN3O6S/c1-13-20(26(22(28)29)14(2)17-6-4-5-7-18(17)23)21(32-25-13)15-8-10-16(11-9-15)24-19(27)12-33(3,30)31/h4-11,14H,12H2,1-3H3,(H,24,27)(H,28,29). The lowest BCUT2D eigenvalue weighted by Crippen LogP contribution is -2.33. The lowest BCUT2D eigenvalue weighted by molar-refractivity contribution is -0.113. The molecule has 2 N–H and O–H groups in total. The lowest BCUT2D eigenvalue weighted by atomic mass is 10.0. The average Bonchev–Trinajstić information content (AvgIpc) is 3.08. The molecule has 1 aromatic heterocycles. The summed E-state index contributed by atoms with van der Waals surface area (Å²) in [6.45, 7) is 3.35. The minimum absolute atomic E-state index is 0.225. The van der Waals surface area contributed by atoms with Gasteiger partial charge in [-0.3, -0.25) is 9.69 Å². The number of rotatable bonds is 7. The Kier molecular flexibility index (Phi) is 7.09. The summed E-state index contributed by atoms with van der Waals surface area (Å²) in [5.41, 5.74) is 2.16. The SMILES string of the molecule is Cc1noc(-c2ccc(NC(=O)CS(C)(=O)=O)cc2)c1N(C(=O)O)C(C)c1ccccc1Cl. The van der Waals surface area contributed by atoms with Crippen LogP contribution >= 0.6 is 11.6 Å². The van der Waals surface area contributed by atoms with Gasteiger partial charge in [0, 0.05) is 22.5 Å². The molecule has 2 aromatic carbocycles. The van der Waals surface area contributed by atoms with Crippen LogP contribution in [0.3, 0.4) is 0 Å². The maximum Gasteiger partial charge on any atom is 0.412 e. The van der Waals surface area contributed by atoms with Crippen molar-refractivity contribution in [3.63, 3.8) is 0 Å². The number of hydrogen-bond acceptors (Lipinski definition) is 6. The van der Waals surface area contributed by atoms with E-state index in [0.29, 0.717) is 27.5 Å². The number of benzene rings is 2. The van der Waals surface area contributed by atoms with Gasteiger partial charge in [0.2, 0.25) is 5.91 Å². The van der Waals surface area contributed by atoms with Crippen LogP contribution in [0.25, 0.3) is 11.3 Å². The summed E-state index contributed by atoms with van der Waals surface area (Å²) in [4.78, 5) is 25.2. The molecule has 11 heteroatoms. The molecule has 1 atom stereocenters. The lowest BCUT2D eigenvalue weighted by Gasteiger charge is -2.27. The maximum atomic E-state index is 12.3. The highest BCUT2D eigenvalue weighted by atomic mass is 35.5. The van der Waals surface area contributed by atoms with Gasteiger partial charge < -0.3 is 14.9 Å². The molecule has 0 aliphatic rings. The van der Waals surface area contributed by atoms with Gasteiger partial charge in [-0.05, 0) is 49.7 Å². The van der Waals surface area contributed by atoms with Crippen molar-refractivity contribution in [3.8, 4) is 11.3 Å². The van der Waals surface area contributed by atoms with Gasteiger partial charge in [0.1, 0.15) is 17.1 Å². The molecule has 9 nitrogen and oxygen atoms in total. The van der Waals surface area contributed by atoms with Gasteiger partial charge >= 0.3 is 6.09 Å². The van der Waals surface area contributed by atoms with E-state index in [4.69, 9.17) is 16.1 Å². The highest BCUT2D eigenvalue weighted by Gasteiger charge is 2.31. The minimum atomic E-state index is -3.46. The van der Waals surface area contributed by atoms with Crippen LogP contribution in [0.5, 0.6) is 0 Å². The fourth-order valence-electron chi connectivity index (χ4n) is 3.39. The van der Waals surface area contributed by atoms with Crippen molar-refractivity contribution in [1.82, 2.24) is 5.16 Å². The number of sulfone groups is 1. The van der Waals surface area contributed by atoms with E-state index in [2.05, 4.69) is 10.5 Å². The van der Waals surface area contributed by atoms with E-state index >= 15 is 0 Å². The Morgan fingerprint density at radius 1 is 1.18 bits per heavy atom. The molecule has 0 fully saturated rings. The highest BCUT2D eigenvalue weighted by molar-refractivity contribution is 7.91. The Balaban J connectivity index is 1.95. The van der Waals surface area contributed by atoms with Crippen LogP contribution in [0.4, 0.5) is 16.2 Å². The van der Waals surface area contributed by atoms with Gasteiger partial charge in [0.25, 0.3) is 0 Å². The van der Waals surface area contributed by atoms with E-state index in [9.17, 15) is 23.1 Å². The first-order valence-corrected chi connectivity index (χ1v) is 12.2. The number of hydrogen-bond donors (Lipinski definition) is 2. The summed E-state index contributed by atoms with van der Waals surface area (Å²) in [5.74, 6) is -1.07. The molecular formula is C22H22ClN3O6S. The fraction of sp³-hybridized carbons (Fsp3) is 0.227. The molecule has 1 heterocycles. The third-order valence-electron chi connectivity index (χ3n) is 4.85. The molecule has 0 spiro atoms. The van der Waals surface area contributed by atoms with Gasteiger partial charge in [-0.25, -0.2) is 13.2 Å². The van der Waals surface area contributed by atoms with Crippen LogP contribution in [-0.2, 0) is 14.6 Å². The number of aryl methyl sites for hydroxylation is 1. The summed E-state index contributed by atoms with van der Waals surface area (Å²) in [5, 5.41) is 16.9. The van der Waals surface area contributed by atoms with Crippen molar-refractivity contribution in [3.05, 3.63) is 64.8 Å². The second-order valence-corrected chi connectivity index (χ2v) is 10.0. The Hall–Kier alpha value is -3.37. The summed E-state index contributed by atoms with van der Waals surface area (Å²) >= 11 is 6.29. The van der Waals surface area contributed by atoms with Crippen molar-refractivity contribution >= 4 is 44.8 Å². The van der Waals surface area contributed by atoms with Gasteiger partial charge in [-0.15, -0.1) is 0 Å². The fourth-order valence-corrected chi connectivity index (χ4v) is 4.23. The molecule has 174 valence electrons. The summed E-state index contributed by atoms with van der Waals surface area (Å²) in [6.07, 6.45) is -0.235. The first-order chi connectivity index (χ1) is 15.5. The smallest absolute Gasteiger partial charge is 0.412 e. The van der Waals surface area contributed by atoms with E-state index < -0.39 is 33.6 Å². The quantitative estimate of drug-likeness (QED) is 0.496. The molecule has 0 radical (unpaired) electrons. The van der Waals surface area contributed by atoms with Gasteiger partial charge in [-0.2, -0.15) is 0 Å². The topological polar surface area (TPSA) is 130 Å². The predicted octanol–water partition coefficient (Wildman–Crippen LogP) is 4.53. The second-order valence-electron chi connectivity index (χ2n) is 7.49. The first-order valence-electron chi connectivity index (χ1n) is 9.79. The number of carbonyl (C=O) groups excluding carboxylic acids is 1. The number of nitrogens with zero attached hydrogens (tertiary/aromatic N) is 2. The molecular weight excluding hydrogens is 470 g/mol. The zero-order valence-corrected chi connectivity index (χ0v) is 19.6. The van der Waals surface area contributed by atoms with Gasteiger partial charge in [0.15, 0.2) is 15.6 Å². The van der Waals surface area contributed by atoms with Crippen LogP contribution in [0, 0.1) is 6.92 Å². The Morgan fingerprint density at radius 2 is 1.82 bits per heavy atom. The Labute approximate surface area is 195 Å². The molecule has 33 heavy (non-hydrogen) atoms. The number of carbonyl (C=O) groups is 2. The first kappa shape index (κ1) is 24.3. The molecule has 0 saturated heterocycles. The highest BCUT2D eigenvalue weighted by Crippen LogP contribution is 2.39. The molecule has 3 aromatic rings. The Morgan fingerprint density at radius 3 is 2.39 bits per heavy atom. The summed E-state index contributed by atoms with van der Waals surface area (Å²) < 4.78 is 28.0.